The maximum absolute atomic E-state index is 12.2. The molecule has 3 spiro atoms. The zero-order valence-corrected chi connectivity index (χ0v) is 35.5. The molecule has 13 heteroatoms. The van der Waals surface area contributed by atoms with Crippen LogP contribution in [0.5, 0.6) is 0 Å². The highest BCUT2D eigenvalue weighted by Crippen LogP contribution is 2.47. The summed E-state index contributed by atoms with van der Waals surface area (Å²) >= 11 is 0. The van der Waals surface area contributed by atoms with Crippen molar-refractivity contribution < 1.29 is 63.1 Å². The maximum atomic E-state index is 12.2. The van der Waals surface area contributed by atoms with Gasteiger partial charge in [-0.1, -0.05) is 45.1 Å². The third-order valence-electron chi connectivity index (χ3n) is 14.2. The number of carbonyl (C=O) groups excluding carboxylic acids is 1. The van der Waals surface area contributed by atoms with Gasteiger partial charge in [0.2, 0.25) is 5.79 Å². The minimum atomic E-state index is -1.73. The molecule has 7 rings (SSSR count). The fourth-order valence-corrected chi connectivity index (χ4v) is 10.8. The van der Waals surface area contributed by atoms with E-state index in [0.29, 0.717) is 56.4 Å². The molecule has 0 amide bonds. The molecule has 7 heterocycles. The van der Waals surface area contributed by atoms with Crippen LogP contribution in [-0.2, 0) is 42.7 Å². The van der Waals surface area contributed by atoms with Crippen LogP contribution >= 0.6 is 0 Å². The Balaban J connectivity index is 0.919. The third-order valence-corrected chi connectivity index (χ3v) is 14.2. The number of carbonyl (C=O) groups is 1. The number of esters is 1. The monoisotopic (exact) mass is 818 g/mol. The largest absolute Gasteiger partial charge is 0.467 e. The van der Waals surface area contributed by atoms with Crippen LogP contribution in [0.15, 0.2) is 36.0 Å². The Kier molecular flexibility index (Phi) is 13.4. The van der Waals surface area contributed by atoms with Gasteiger partial charge in [-0.2, -0.15) is 0 Å². The molecule has 58 heavy (non-hydrogen) atoms. The number of aliphatic hydroxyl groups excluding tert-OH is 3. The van der Waals surface area contributed by atoms with E-state index in [1.54, 1.807) is 0 Å². The Morgan fingerprint density at radius 1 is 1.02 bits per heavy atom. The standard InChI is InChI=1S/C45H70O13/c1-26-22-35(56-45(24-26)36(47)13-12-32(55-45)25-42(6,50)41(49)51-7)27(2)10-11-31-15-19-44(54-31)20-16-34-40(58-44)37(48)30(5)39(53-34)33(46)23-29(4)38-28(3)14-18-43(57-38)17-8-9-21-52-43/h10-11,24,27-29,31-40,46-48,50H,5,8-9,12-23,25H2,1-4,6-7H3/b11-10+/t27-,28-,29+,31+,32?,33+,34-,35+,36-,37-,38?,39+,40-,42-,43+,44-,45-/m1/s1. The molecule has 0 radical (unpaired) electrons. The Hall–Kier alpha value is -1.75. The summed E-state index contributed by atoms with van der Waals surface area (Å²) in [6, 6.07) is 0. The molecule has 0 aromatic rings. The molecule has 17 atom stereocenters. The summed E-state index contributed by atoms with van der Waals surface area (Å²) in [5.74, 6) is -3.15. The summed E-state index contributed by atoms with van der Waals surface area (Å²) in [7, 11) is 1.24. The van der Waals surface area contributed by atoms with Gasteiger partial charge in [0.25, 0.3) is 0 Å². The lowest BCUT2D eigenvalue weighted by molar-refractivity contribution is -0.321. The smallest absolute Gasteiger partial charge is 0.337 e. The van der Waals surface area contributed by atoms with Crippen LogP contribution < -0.4 is 0 Å². The quantitative estimate of drug-likeness (QED) is 0.166. The van der Waals surface area contributed by atoms with E-state index >= 15 is 0 Å². The van der Waals surface area contributed by atoms with Gasteiger partial charge in [0.1, 0.15) is 24.4 Å². The topological polar surface area (TPSA) is 172 Å². The van der Waals surface area contributed by atoms with E-state index in [4.69, 9.17) is 37.9 Å². The summed E-state index contributed by atoms with van der Waals surface area (Å²) in [6.07, 6.45) is 9.94. The number of aliphatic hydroxyl groups is 4. The van der Waals surface area contributed by atoms with Gasteiger partial charge < -0.3 is 58.3 Å². The summed E-state index contributed by atoms with van der Waals surface area (Å²) in [4.78, 5) is 12.2. The Labute approximate surface area is 344 Å². The van der Waals surface area contributed by atoms with Gasteiger partial charge in [0.05, 0.1) is 50.3 Å². The molecule has 0 aliphatic carbocycles. The van der Waals surface area contributed by atoms with Crippen molar-refractivity contribution in [1.82, 2.24) is 0 Å². The zero-order valence-electron chi connectivity index (χ0n) is 35.5. The van der Waals surface area contributed by atoms with E-state index in [-0.39, 0.29) is 36.6 Å². The first-order valence-electron chi connectivity index (χ1n) is 22.1. The van der Waals surface area contributed by atoms with Crippen molar-refractivity contribution in [2.24, 2.45) is 17.8 Å². The molecule has 0 aromatic heterocycles. The lowest BCUT2D eigenvalue weighted by Crippen LogP contribution is -2.60. The minimum absolute atomic E-state index is 0.0145. The fraction of sp³-hybridized carbons (Fsp3) is 0.844. The Morgan fingerprint density at radius 3 is 2.52 bits per heavy atom. The molecule has 4 N–H and O–H groups in total. The number of hydrogen-bond acceptors (Lipinski definition) is 13. The van der Waals surface area contributed by atoms with E-state index in [9.17, 15) is 25.2 Å². The Bertz CT molecular complexity index is 1520. The van der Waals surface area contributed by atoms with Gasteiger partial charge in [0, 0.05) is 38.0 Å². The SMILES string of the molecule is C=C1[C@@H](O)[C@@H]2O[C@]3(CC[C@H](/C=C/[C@@H](C)[C@@H]4CC(C)=C[C@@]5(OC(C[C@@](C)(O)C(=O)OC)CC[C@H]5O)O4)O3)CC[C@H]2O[C@@H]1[C@@H](O)C[C@H](C)C1O[C@@]2(CCCCO2)CC[C@H]1C. The van der Waals surface area contributed by atoms with Crippen LogP contribution in [0.3, 0.4) is 0 Å². The maximum Gasteiger partial charge on any atom is 0.337 e. The van der Waals surface area contributed by atoms with Gasteiger partial charge in [0.15, 0.2) is 17.2 Å². The predicted octanol–water partition coefficient (Wildman–Crippen LogP) is 5.30. The van der Waals surface area contributed by atoms with Crippen LogP contribution in [0.2, 0.25) is 0 Å². The second kappa shape index (κ2) is 17.6. The molecule has 13 nitrogen and oxygen atoms in total. The first-order valence-corrected chi connectivity index (χ1v) is 22.1. The first-order chi connectivity index (χ1) is 27.5. The van der Waals surface area contributed by atoms with Crippen molar-refractivity contribution in [3.8, 4) is 0 Å². The number of fused-ring (bicyclic) bond motifs is 1. The molecule has 0 aromatic carbocycles. The second-order valence-electron chi connectivity index (χ2n) is 19.1. The number of rotatable bonds is 10. The molecule has 2 unspecified atom stereocenters. The van der Waals surface area contributed by atoms with E-state index in [0.717, 1.165) is 50.7 Å². The molecule has 328 valence electrons. The van der Waals surface area contributed by atoms with Crippen LogP contribution in [0, 0.1) is 17.8 Å². The number of ether oxygens (including phenoxy) is 8. The van der Waals surface area contributed by atoms with E-state index in [1.165, 1.54) is 14.0 Å². The molecule has 7 aliphatic rings. The lowest BCUT2D eigenvalue weighted by Gasteiger charge is -2.50. The first kappa shape index (κ1) is 44.3. The molecule has 0 saturated carbocycles. The molecule has 0 bridgehead atoms. The lowest BCUT2D eigenvalue weighted by atomic mass is 9.79. The highest BCUT2D eigenvalue weighted by molar-refractivity contribution is 5.78. The van der Waals surface area contributed by atoms with E-state index < -0.39 is 71.7 Å². The van der Waals surface area contributed by atoms with Gasteiger partial charge in [-0.05, 0) is 95.1 Å². The van der Waals surface area contributed by atoms with Crippen molar-refractivity contribution >= 4 is 5.97 Å². The van der Waals surface area contributed by atoms with Gasteiger partial charge in [-0.3, -0.25) is 0 Å². The molecule has 6 fully saturated rings. The summed E-state index contributed by atoms with van der Waals surface area (Å²) < 4.78 is 50.2. The number of methoxy groups -OCH3 is 1. The van der Waals surface area contributed by atoms with Crippen molar-refractivity contribution in [3.05, 3.63) is 36.0 Å². The van der Waals surface area contributed by atoms with Crippen molar-refractivity contribution in [1.29, 1.82) is 0 Å². The highest BCUT2D eigenvalue weighted by atomic mass is 16.7. The normalized spacial score (nSPS) is 44.8. The van der Waals surface area contributed by atoms with E-state index in [1.807, 2.05) is 19.1 Å². The summed E-state index contributed by atoms with van der Waals surface area (Å²) in [5.41, 5.74) is -0.287. The zero-order chi connectivity index (χ0) is 41.6. The van der Waals surface area contributed by atoms with Crippen LogP contribution in [0.4, 0.5) is 0 Å². The van der Waals surface area contributed by atoms with Crippen LogP contribution in [0.25, 0.3) is 0 Å². The second-order valence-corrected chi connectivity index (χ2v) is 19.1. The fourth-order valence-electron chi connectivity index (χ4n) is 10.8. The molecule has 7 aliphatic heterocycles. The average molecular weight is 819 g/mol. The highest BCUT2D eigenvalue weighted by Gasteiger charge is 2.55. The van der Waals surface area contributed by atoms with Crippen molar-refractivity contribution in [3.63, 3.8) is 0 Å². The summed E-state index contributed by atoms with van der Waals surface area (Å²) in [5, 5.41) is 45.0. The summed E-state index contributed by atoms with van der Waals surface area (Å²) in [6.45, 7) is 14.7. The predicted molar refractivity (Wildman–Crippen MR) is 212 cm³/mol. The molecular weight excluding hydrogens is 748 g/mol. The third kappa shape index (κ3) is 9.21. The van der Waals surface area contributed by atoms with Crippen molar-refractivity contribution in [2.45, 2.75) is 209 Å². The van der Waals surface area contributed by atoms with Crippen molar-refractivity contribution in [2.75, 3.05) is 13.7 Å². The van der Waals surface area contributed by atoms with Crippen LogP contribution in [-0.4, -0.2) is 124 Å². The Morgan fingerprint density at radius 2 is 1.78 bits per heavy atom. The van der Waals surface area contributed by atoms with Crippen LogP contribution in [0.1, 0.15) is 125 Å². The van der Waals surface area contributed by atoms with Gasteiger partial charge in [-0.15, -0.1) is 0 Å². The van der Waals surface area contributed by atoms with E-state index in [2.05, 4.69) is 33.4 Å². The van der Waals surface area contributed by atoms with Gasteiger partial charge in [-0.25, -0.2) is 4.79 Å². The molecule has 6 saturated heterocycles. The minimum Gasteiger partial charge on any atom is -0.467 e. The number of hydrogen-bond donors (Lipinski definition) is 4. The van der Waals surface area contributed by atoms with Gasteiger partial charge >= 0.3 is 5.97 Å². The average Bonchev–Trinajstić information content (AvgIpc) is 3.59. The molecular formula is C45H70O13.